The smallest absolute Gasteiger partial charge is 0.368 e. The molecule has 128 valence electrons. The van der Waals surface area contributed by atoms with Gasteiger partial charge < -0.3 is 10.1 Å². The summed E-state index contributed by atoms with van der Waals surface area (Å²) in [6.45, 7) is 0.574. The van der Waals surface area contributed by atoms with E-state index in [1.165, 1.54) is 4.68 Å². The molecule has 0 radical (unpaired) electrons. The Hall–Kier alpha value is -1.93. The van der Waals surface area contributed by atoms with E-state index in [-0.39, 0.29) is 11.6 Å². The number of likely N-dealkylation sites (N-methyl/N-ethyl adjacent to an activating group) is 1. The highest BCUT2D eigenvalue weighted by Gasteiger charge is 2.45. The molecule has 8 heteroatoms. The minimum atomic E-state index is -4.41. The van der Waals surface area contributed by atoms with Crippen LogP contribution in [0.2, 0.25) is 0 Å². The second kappa shape index (κ2) is 5.29. The molecule has 1 aliphatic heterocycles. The number of rotatable bonds is 2. The Labute approximate surface area is 136 Å². The lowest BCUT2D eigenvalue weighted by Crippen LogP contribution is -2.45. The molecule has 0 bridgehead atoms. The molecule has 1 aliphatic carbocycles. The van der Waals surface area contributed by atoms with Crippen LogP contribution in [0.4, 0.5) is 13.2 Å². The zero-order valence-electron chi connectivity index (χ0n) is 13.1. The van der Waals surface area contributed by atoms with Crippen molar-refractivity contribution in [3.05, 3.63) is 41.3 Å². The molecule has 3 heterocycles. The molecular weight excluding hydrogens is 321 g/mol. The number of hydrogen-bond donors (Lipinski definition) is 1. The zero-order valence-corrected chi connectivity index (χ0v) is 13.1. The monoisotopic (exact) mass is 338 g/mol. The standard InChI is InChI=1S/C16H17F3N4O/c1-20-13-9-24-15(3-2-4-15)12-5-14(21-7-11(12)13)23-8-10(6-22-23)16(17,18)19/h5-8,13,20H,2-4,9H2,1H3/t13-/m1/s1. The van der Waals surface area contributed by atoms with Crippen LogP contribution < -0.4 is 5.32 Å². The number of halogens is 3. The van der Waals surface area contributed by atoms with E-state index in [1.54, 1.807) is 6.20 Å². The average Bonchev–Trinajstić information content (AvgIpc) is 3.02. The van der Waals surface area contributed by atoms with Gasteiger partial charge in [-0.3, -0.25) is 0 Å². The molecule has 24 heavy (non-hydrogen) atoms. The summed E-state index contributed by atoms with van der Waals surface area (Å²) in [6.07, 6.45) is 2.01. The fraction of sp³-hybridized carbons (Fsp3) is 0.500. The number of hydrogen-bond acceptors (Lipinski definition) is 4. The molecule has 0 unspecified atom stereocenters. The van der Waals surface area contributed by atoms with Gasteiger partial charge in [0.1, 0.15) is 0 Å². The van der Waals surface area contributed by atoms with Gasteiger partial charge in [-0.1, -0.05) is 0 Å². The Morgan fingerprint density at radius 1 is 1.33 bits per heavy atom. The van der Waals surface area contributed by atoms with Gasteiger partial charge in [0.05, 0.1) is 30.0 Å². The summed E-state index contributed by atoms with van der Waals surface area (Å²) in [6, 6.07) is 1.85. The molecule has 0 aromatic carbocycles. The van der Waals surface area contributed by atoms with Crippen molar-refractivity contribution in [3.8, 4) is 5.82 Å². The van der Waals surface area contributed by atoms with E-state index in [1.807, 2.05) is 13.1 Å². The number of pyridine rings is 1. The first kappa shape index (κ1) is 15.6. The van der Waals surface area contributed by atoms with Gasteiger partial charge in [-0.15, -0.1) is 0 Å². The Kier molecular flexibility index (Phi) is 3.43. The van der Waals surface area contributed by atoms with E-state index in [0.29, 0.717) is 12.4 Å². The largest absolute Gasteiger partial charge is 0.419 e. The summed E-state index contributed by atoms with van der Waals surface area (Å²) in [5.41, 5.74) is 0.953. The summed E-state index contributed by atoms with van der Waals surface area (Å²) in [4.78, 5) is 4.32. The van der Waals surface area contributed by atoms with Gasteiger partial charge >= 0.3 is 6.18 Å². The van der Waals surface area contributed by atoms with Crippen LogP contribution >= 0.6 is 0 Å². The van der Waals surface area contributed by atoms with Crippen molar-refractivity contribution < 1.29 is 17.9 Å². The van der Waals surface area contributed by atoms with Crippen molar-refractivity contribution in [2.75, 3.05) is 13.7 Å². The molecule has 2 aromatic heterocycles. The maximum absolute atomic E-state index is 12.8. The Bertz CT molecular complexity index is 767. The van der Waals surface area contributed by atoms with E-state index in [4.69, 9.17) is 4.74 Å². The van der Waals surface area contributed by atoms with Crippen molar-refractivity contribution >= 4 is 0 Å². The molecule has 1 N–H and O–H groups in total. The molecule has 1 saturated carbocycles. The topological polar surface area (TPSA) is 52.0 Å². The lowest BCUT2D eigenvalue weighted by molar-refractivity contribution is -0.137. The molecule has 4 rings (SSSR count). The summed E-state index contributed by atoms with van der Waals surface area (Å²) in [7, 11) is 1.85. The van der Waals surface area contributed by atoms with Gasteiger partial charge in [0.25, 0.3) is 0 Å². The number of fused-ring (bicyclic) bond motifs is 2. The van der Waals surface area contributed by atoms with Gasteiger partial charge in [0.2, 0.25) is 0 Å². The number of nitrogens with one attached hydrogen (secondary N) is 1. The molecule has 1 spiro atoms. The number of ether oxygens (including phenoxy) is 1. The lowest BCUT2D eigenvalue weighted by atomic mass is 9.71. The van der Waals surface area contributed by atoms with Crippen molar-refractivity contribution in [1.29, 1.82) is 0 Å². The van der Waals surface area contributed by atoms with Crippen LogP contribution in [0.15, 0.2) is 24.7 Å². The molecule has 2 aromatic rings. The predicted molar refractivity (Wildman–Crippen MR) is 79.6 cm³/mol. The Morgan fingerprint density at radius 3 is 2.71 bits per heavy atom. The molecule has 0 amide bonds. The van der Waals surface area contributed by atoms with E-state index in [9.17, 15) is 13.2 Å². The van der Waals surface area contributed by atoms with Crippen molar-refractivity contribution in [2.24, 2.45) is 0 Å². The van der Waals surface area contributed by atoms with Gasteiger partial charge in [-0.25, -0.2) is 9.67 Å². The first-order chi connectivity index (χ1) is 11.4. The third kappa shape index (κ3) is 2.32. The predicted octanol–water partition coefficient (Wildman–Crippen LogP) is 2.96. The van der Waals surface area contributed by atoms with E-state index >= 15 is 0 Å². The highest BCUT2D eigenvalue weighted by molar-refractivity contribution is 5.42. The molecule has 1 atom stereocenters. The average molecular weight is 338 g/mol. The first-order valence-electron chi connectivity index (χ1n) is 7.87. The van der Waals surface area contributed by atoms with Crippen LogP contribution in [-0.2, 0) is 16.5 Å². The third-order valence-corrected chi connectivity index (χ3v) is 4.97. The Balaban J connectivity index is 1.77. The van der Waals surface area contributed by atoms with Gasteiger partial charge in [0.15, 0.2) is 5.82 Å². The quantitative estimate of drug-likeness (QED) is 0.915. The summed E-state index contributed by atoms with van der Waals surface area (Å²) in [5.74, 6) is 0.371. The molecule has 0 saturated heterocycles. The molecule has 2 aliphatic rings. The fourth-order valence-corrected chi connectivity index (χ4v) is 3.41. The number of aromatic nitrogens is 3. The SMILES string of the molecule is CN[C@@H]1COC2(CCC2)c2cc(-n3cc(C(F)(F)F)cn3)ncc21. The van der Waals surface area contributed by atoms with Crippen molar-refractivity contribution in [2.45, 2.75) is 37.1 Å². The molecule has 1 fully saturated rings. The molecule has 5 nitrogen and oxygen atoms in total. The lowest BCUT2D eigenvalue weighted by Gasteiger charge is -2.47. The maximum atomic E-state index is 12.8. The van der Waals surface area contributed by atoms with Crippen LogP contribution in [-0.4, -0.2) is 28.4 Å². The minimum Gasteiger partial charge on any atom is -0.368 e. The van der Waals surface area contributed by atoms with Crippen molar-refractivity contribution in [1.82, 2.24) is 20.1 Å². The normalized spacial score (nSPS) is 22.2. The summed E-state index contributed by atoms with van der Waals surface area (Å²) < 4.78 is 45.6. The van der Waals surface area contributed by atoms with Gasteiger partial charge in [-0.05, 0) is 43.5 Å². The van der Waals surface area contributed by atoms with Crippen LogP contribution in [0.5, 0.6) is 0 Å². The summed E-state index contributed by atoms with van der Waals surface area (Å²) >= 11 is 0. The Morgan fingerprint density at radius 2 is 2.12 bits per heavy atom. The highest BCUT2D eigenvalue weighted by atomic mass is 19.4. The van der Waals surface area contributed by atoms with E-state index in [0.717, 1.165) is 42.8 Å². The number of nitrogens with zero attached hydrogens (tertiary/aromatic N) is 3. The summed E-state index contributed by atoms with van der Waals surface area (Å²) in [5, 5.41) is 7.00. The molecular formula is C16H17F3N4O. The van der Waals surface area contributed by atoms with Crippen LogP contribution in [0.1, 0.15) is 42.0 Å². The minimum absolute atomic E-state index is 0.0381. The van der Waals surface area contributed by atoms with Gasteiger partial charge in [0, 0.05) is 12.4 Å². The van der Waals surface area contributed by atoms with Crippen LogP contribution in [0.3, 0.4) is 0 Å². The second-order valence-electron chi connectivity index (χ2n) is 6.30. The van der Waals surface area contributed by atoms with Crippen molar-refractivity contribution in [3.63, 3.8) is 0 Å². The van der Waals surface area contributed by atoms with E-state index < -0.39 is 11.7 Å². The number of alkyl halides is 3. The third-order valence-electron chi connectivity index (χ3n) is 4.97. The first-order valence-corrected chi connectivity index (χ1v) is 7.87. The fourth-order valence-electron chi connectivity index (χ4n) is 3.41. The van der Waals surface area contributed by atoms with E-state index in [2.05, 4.69) is 15.4 Å². The maximum Gasteiger partial charge on any atom is 0.419 e. The van der Waals surface area contributed by atoms with Crippen LogP contribution in [0, 0.1) is 0 Å². The van der Waals surface area contributed by atoms with Crippen LogP contribution in [0.25, 0.3) is 5.82 Å². The van der Waals surface area contributed by atoms with Gasteiger partial charge in [-0.2, -0.15) is 18.3 Å². The highest BCUT2D eigenvalue weighted by Crippen LogP contribution is 2.50. The zero-order chi connectivity index (χ0) is 16.9. The second-order valence-corrected chi connectivity index (χ2v) is 6.30.